The van der Waals surface area contributed by atoms with Crippen molar-refractivity contribution in [2.24, 2.45) is 5.41 Å². The smallest absolute Gasteiger partial charge is 0.244 e. The van der Waals surface area contributed by atoms with Crippen molar-refractivity contribution in [2.45, 2.75) is 32.4 Å². The number of rotatable bonds is 3. The van der Waals surface area contributed by atoms with E-state index >= 15 is 0 Å². The van der Waals surface area contributed by atoms with Gasteiger partial charge in [-0.25, -0.2) is 4.39 Å². The Hall–Kier alpha value is -1.68. The van der Waals surface area contributed by atoms with Gasteiger partial charge in [0.1, 0.15) is 5.82 Å². The van der Waals surface area contributed by atoms with Gasteiger partial charge in [0, 0.05) is 17.5 Å². The van der Waals surface area contributed by atoms with E-state index in [0.717, 1.165) is 5.56 Å². The Bertz CT molecular complexity index is 493. The predicted octanol–water partition coefficient (Wildman–Crippen LogP) is 2.11. The average molecular weight is 263 g/mol. The van der Waals surface area contributed by atoms with Crippen LogP contribution in [0.25, 0.3) is 6.08 Å². The molecule has 1 aliphatic carbocycles. The summed E-state index contributed by atoms with van der Waals surface area (Å²) in [5, 5.41) is 12.4. The summed E-state index contributed by atoms with van der Waals surface area (Å²) < 4.78 is 12.7. The molecule has 2 atom stereocenters. The molecule has 1 amide bonds. The molecule has 0 aromatic heterocycles. The number of carbonyl (C=O) groups excluding carboxylic acids is 1. The molecule has 3 nitrogen and oxygen atoms in total. The zero-order chi connectivity index (χ0) is 14.0. The molecule has 0 radical (unpaired) electrons. The highest BCUT2D eigenvalue weighted by molar-refractivity contribution is 5.92. The molecule has 2 unspecified atom stereocenters. The second-order valence-corrected chi connectivity index (χ2v) is 5.52. The van der Waals surface area contributed by atoms with Crippen molar-refractivity contribution in [1.29, 1.82) is 0 Å². The van der Waals surface area contributed by atoms with Crippen LogP contribution >= 0.6 is 0 Å². The van der Waals surface area contributed by atoms with Crippen LogP contribution in [0.1, 0.15) is 25.8 Å². The molecule has 0 heterocycles. The summed E-state index contributed by atoms with van der Waals surface area (Å²) in [6.45, 7) is 3.85. The van der Waals surface area contributed by atoms with Crippen LogP contribution < -0.4 is 5.32 Å². The number of hydrogen-bond donors (Lipinski definition) is 2. The van der Waals surface area contributed by atoms with E-state index < -0.39 is 0 Å². The molecular formula is C15H18FNO2. The van der Waals surface area contributed by atoms with Crippen LogP contribution in [0.5, 0.6) is 0 Å². The van der Waals surface area contributed by atoms with Crippen LogP contribution in [0.2, 0.25) is 0 Å². The lowest BCUT2D eigenvalue weighted by Gasteiger charge is -2.49. The van der Waals surface area contributed by atoms with E-state index in [1.165, 1.54) is 18.2 Å². The van der Waals surface area contributed by atoms with E-state index in [-0.39, 0.29) is 29.3 Å². The molecule has 2 N–H and O–H groups in total. The van der Waals surface area contributed by atoms with Crippen LogP contribution in [0.15, 0.2) is 30.3 Å². The van der Waals surface area contributed by atoms with E-state index in [0.29, 0.717) is 6.42 Å². The maximum atomic E-state index is 12.7. The summed E-state index contributed by atoms with van der Waals surface area (Å²) >= 11 is 0. The fourth-order valence-corrected chi connectivity index (χ4v) is 2.11. The molecular weight excluding hydrogens is 245 g/mol. The van der Waals surface area contributed by atoms with Crippen LogP contribution in [-0.4, -0.2) is 23.2 Å². The van der Waals surface area contributed by atoms with Gasteiger partial charge in [-0.15, -0.1) is 0 Å². The highest BCUT2D eigenvalue weighted by Crippen LogP contribution is 2.40. The lowest BCUT2D eigenvalue weighted by atomic mass is 9.64. The Morgan fingerprint density at radius 1 is 1.42 bits per heavy atom. The maximum absolute atomic E-state index is 12.7. The number of benzene rings is 1. The van der Waals surface area contributed by atoms with E-state index in [4.69, 9.17) is 0 Å². The second kappa shape index (κ2) is 5.13. The summed E-state index contributed by atoms with van der Waals surface area (Å²) in [5.74, 6) is -0.499. The highest BCUT2D eigenvalue weighted by Gasteiger charge is 2.47. The van der Waals surface area contributed by atoms with Crippen molar-refractivity contribution in [3.8, 4) is 0 Å². The SMILES string of the molecule is CC1(C)C(O)CC1NC(=O)/C=C/c1ccc(F)cc1. The normalized spacial score (nSPS) is 25.1. The molecule has 1 aromatic rings. The summed E-state index contributed by atoms with van der Waals surface area (Å²) in [6.07, 6.45) is 3.28. The Kier molecular flexibility index (Phi) is 3.71. The minimum Gasteiger partial charge on any atom is -0.392 e. The fourth-order valence-electron chi connectivity index (χ4n) is 2.11. The average Bonchev–Trinajstić information content (AvgIpc) is 2.38. The molecule has 1 saturated carbocycles. The minimum atomic E-state index is -0.362. The van der Waals surface area contributed by atoms with Crippen molar-refractivity contribution in [2.75, 3.05) is 0 Å². The van der Waals surface area contributed by atoms with Gasteiger partial charge >= 0.3 is 0 Å². The zero-order valence-electron chi connectivity index (χ0n) is 11.1. The number of halogens is 1. The summed E-state index contributed by atoms with van der Waals surface area (Å²) in [6, 6.07) is 5.91. The van der Waals surface area contributed by atoms with Crippen LogP contribution in [-0.2, 0) is 4.79 Å². The number of nitrogens with one attached hydrogen (secondary N) is 1. The van der Waals surface area contributed by atoms with Crippen LogP contribution in [0.3, 0.4) is 0 Å². The standard InChI is InChI=1S/C15H18FNO2/c1-15(2)12(9-13(15)18)17-14(19)8-5-10-3-6-11(16)7-4-10/h3-8,12-13,18H,9H2,1-2H3,(H,17,19)/b8-5+. The molecule has 0 bridgehead atoms. The van der Waals surface area contributed by atoms with Gasteiger partial charge in [0.25, 0.3) is 0 Å². The third-order valence-electron chi connectivity index (χ3n) is 3.83. The van der Waals surface area contributed by atoms with E-state index in [1.807, 2.05) is 13.8 Å². The Labute approximate surface area is 112 Å². The van der Waals surface area contributed by atoms with Crippen LogP contribution in [0.4, 0.5) is 4.39 Å². The molecule has 19 heavy (non-hydrogen) atoms. The first-order valence-corrected chi connectivity index (χ1v) is 6.32. The van der Waals surface area contributed by atoms with Gasteiger partial charge in [-0.05, 0) is 30.2 Å². The fraction of sp³-hybridized carbons (Fsp3) is 0.400. The van der Waals surface area contributed by atoms with Gasteiger partial charge in [0.05, 0.1) is 6.10 Å². The number of aliphatic hydroxyl groups excluding tert-OH is 1. The maximum Gasteiger partial charge on any atom is 0.244 e. The monoisotopic (exact) mass is 263 g/mol. The van der Waals surface area contributed by atoms with Crippen molar-refractivity contribution < 1.29 is 14.3 Å². The van der Waals surface area contributed by atoms with Crippen molar-refractivity contribution in [3.63, 3.8) is 0 Å². The number of carbonyl (C=O) groups is 1. The number of aliphatic hydroxyl groups is 1. The van der Waals surface area contributed by atoms with Crippen molar-refractivity contribution in [1.82, 2.24) is 5.32 Å². The molecule has 0 spiro atoms. The summed E-state index contributed by atoms with van der Waals surface area (Å²) in [5.41, 5.74) is 0.490. The third-order valence-corrected chi connectivity index (χ3v) is 3.83. The Morgan fingerprint density at radius 3 is 2.58 bits per heavy atom. The summed E-state index contributed by atoms with van der Waals surface area (Å²) in [7, 11) is 0. The van der Waals surface area contributed by atoms with Crippen molar-refractivity contribution in [3.05, 3.63) is 41.7 Å². The quantitative estimate of drug-likeness (QED) is 0.821. The van der Waals surface area contributed by atoms with Gasteiger partial charge in [-0.1, -0.05) is 26.0 Å². The molecule has 1 aromatic carbocycles. The van der Waals surface area contributed by atoms with Gasteiger partial charge < -0.3 is 10.4 Å². The molecule has 0 saturated heterocycles. The topological polar surface area (TPSA) is 49.3 Å². The largest absolute Gasteiger partial charge is 0.392 e. The van der Waals surface area contributed by atoms with E-state index in [1.54, 1.807) is 18.2 Å². The highest BCUT2D eigenvalue weighted by atomic mass is 19.1. The van der Waals surface area contributed by atoms with Crippen molar-refractivity contribution >= 4 is 12.0 Å². The van der Waals surface area contributed by atoms with E-state index in [9.17, 15) is 14.3 Å². The van der Waals surface area contributed by atoms with Crippen LogP contribution in [0, 0.1) is 11.2 Å². The minimum absolute atomic E-state index is 0.00660. The second-order valence-electron chi connectivity index (χ2n) is 5.52. The van der Waals surface area contributed by atoms with Gasteiger partial charge in [-0.3, -0.25) is 4.79 Å². The van der Waals surface area contributed by atoms with Gasteiger partial charge in [-0.2, -0.15) is 0 Å². The Morgan fingerprint density at radius 2 is 2.05 bits per heavy atom. The van der Waals surface area contributed by atoms with E-state index in [2.05, 4.69) is 5.32 Å². The van der Waals surface area contributed by atoms with Gasteiger partial charge in [0.2, 0.25) is 5.91 Å². The summed E-state index contributed by atoms with van der Waals surface area (Å²) in [4.78, 5) is 11.7. The Balaban J connectivity index is 1.90. The molecule has 102 valence electrons. The molecule has 4 heteroatoms. The first-order valence-electron chi connectivity index (χ1n) is 6.32. The zero-order valence-corrected chi connectivity index (χ0v) is 11.1. The molecule has 0 aliphatic heterocycles. The first kappa shape index (κ1) is 13.7. The lowest BCUT2D eigenvalue weighted by molar-refractivity contribution is -0.124. The molecule has 1 aliphatic rings. The third kappa shape index (κ3) is 3.01. The molecule has 2 rings (SSSR count). The first-order chi connectivity index (χ1) is 8.89. The van der Waals surface area contributed by atoms with Gasteiger partial charge in [0.15, 0.2) is 0 Å². The number of amides is 1. The molecule has 1 fully saturated rings. The number of hydrogen-bond acceptors (Lipinski definition) is 2. The lowest BCUT2D eigenvalue weighted by Crippen LogP contribution is -2.60. The predicted molar refractivity (Wildman–Crippen MR) is 71.8 cm³/mol.